The number of Topliss-reactive ketones (excluding diaryl/α,β-unsaturated/α-hetero) is 1. The van der Waals surface area contributed by atoms with Crippen LogP contribution in [0.15, 0.2) is 91.3 Å². The maximum Gasteiger partial charge on any atom is 0.245 e. The Morgan fingerprint density at radius 3 is 1.71 bits per heavy atom. The second kappa shape index (κ2) is 14.9. The molecule has 262 valence electrons. The summed E-state index contributed by atoms with van der Waals surface area (Å²) in [6.07, 6.45) is 7.83. The standard InChI is InChI=1S/C41H45N7O3/c1-27(49)13-22-37(50)47-23-7-11-35(47)39-42-25-33(44-39)30-18-14-28(15-19-30)29-16-20-31(21-17-29)34-26-43-40(45-34)36-12-8-24-48(36)41(51)38(46(2)3)32-9-5-4-6-10-32/h4-6,9-10,14-21,25-26,35-36,38H,7-8,11-13,22-24H2,1-3H3,(H,42,44)(H,43,45)/t35-,36-,38+/m0/s1. The van der Waals surface area contributed by atoms with Gasteiger partial charge in [-0.2, -0.15) is 0 Å². The van der Waals surface area contributed by atoms with Crippen molar-refractivity contribution in [2.45, 2.75) is 63.6 Å². The van der Waals surface area contributed by atoms with Gasteiger partial charge in [-0.3, -0.25) is 14.5 Å². The minimum atomic E-state index is -0.343. The molecule has 7 rings (SSSR count). The Hall–Kier alpha value is -5.35. The Kier molecular flexibility index (Phi) is 9.94. The first-order valence-electron chi connectivity index (χ1n) is 17.9. The van der Waals surface area contributed by atoms with Crippen molar-refractivity contribution in [2.24, 2.45) is 0 Å². The Labute approximate surface area is 298 Å². The Morgan fingerprint density at radius 2 is 1.20 bits per heavy atom. The minimum Gasteiger partial charge on any atom is -0.340 e. The molecule has 10 nitrogen and oxygen atoms in total. The summed E-state index contributed by atoms with van der Waals surface area (Å²) < 4.78 is 0. The number of aromatic nitrogens is 4. The zero-order chi connectivity index (χ0) is 35.5. The molecule has 0 aliphatic carbocycles. The third-order valence-electron chi connectivity index (χ3n) is 10.2. The molecule has 0 unspecified atom stereocenters. The SMILES string of the molecule is CC(=O)CCC(=O)N1CCC[C@H]1c1ncc(-c2ccc(-c3ccc(-c4cnc([C@@H]5CCCN5C(=O)[C@@H](c5ccccc5)N(C)C)[nH]4)cc3)cc2)[nH]1. The van der Waals surface area contributed by atoms with Gasteiger partial charge in [-0.1, -0.05) is 78.9 Å². The lowest BCUT2D eigenvalue weighted by atomic mass is 10.0. The zero-order valence-electron chi connectivity index (χ0n) is 29.5. The van der Waals surface area contributed by atoms with Crippen LogP contribution in [0.2, 0.25) is 0 Å². The second-order valence-electron chi connectivity index (χ2n) is 13.9. The molecule has 0 saturated carbocycles. The van der Waals surface area contributed by atoms with Crippen molar-refractivity contribution in [2.75, 3.05) is 27.2 Å². The molecule has 2 N–H and O–H groups in total. The van der Waals surface area contributed by atoms with E-state index < -0.39 is 0 Å². The number of imidazole rings is 2. The molecule has 0 radical (unpaired) electrons. The molecule has 4 heterocycles. The highest BCUT2D eigenvalue weighted by Crippen LogP contribution is 2.36. The molecule has 2 aliphatic heterocycles. The van der Waals surface area contributed by atoms with Crippen LogP contribution in [0.5, 0.6) is 0 Å². The molecule has 51 heavy (non-hydrogen) atoms. The van der Waals surface area contributed by atoms with Gasteiger partial charge in [-0.05, 0) is 74.5 Å². The first kappa shape index (κ1) is 34.1. The molecule has 2 fully saturated rings. The van der Waals surface area contributed by atoms with E-state index >= 15 is 0 Å². The largest absolute Gasteiger partial charge is 0.340 e. The molecule has 3 atom stereocenters. The molecule has 2 aromatic heterocycles. The van der Waals surface area contributed by atoms with Crippen LogP contribution < -0.4 is 0 Å². The fraction of sp³-hybridized carbons (Fsp3) is 0.341. The average molecular weight is 684 g/mol. The molecular formula is C41H45N7O3. The van der Waals surface area contributed by atoms with Crippen molar-refractivity contribution >= 4 is 17.6 Å². The lowest BCUT2D eigenvalue weighted by Gasteiger charge is -2.31. The summed E-state index contributed by atoms with van der Waals surface area (Å²) >= 11 is 0. The number of H-pyrrole nitrogens is 2. The van der Waals surface area contributed by atoms with Crippen LogP contribution in [0.4, 0.5) is 0 Å². The van der Waals surface area contributed by atoms with E-state index in [1.807, 2.05) is 71.5 Å². The Morgan fingerprint density at radius 1 is 0.706 bits per heavy atom. The van der Waals surface area contributed by atoms with Gasteiger partial charge in [0.2, 0.25) is 11.8 Å². The number of aromatic amines is 2. The molecule has 2 aliphatic rings. The number of hydrogen-bond donors (Lipinski definition) is 2. The average Bonchev–Trinajstić information content (AvgIpc) is 3.98. The number of ketones is 1. The van der Waals surface area contributed by atoms with Gasteiger partial charge in [-0.15, -0.1) is 0 Å². The fourth-order valence-electron chi connectivity index (χ4n) is 7.53. The normalized spacial score (nSPS) is 18.0. The van der Waals surface area contributed by atoms with Gasteiger partial charge in [0, 0.05) is 25.9 Å². The van der Waals surface area contributed by atoms with Gasteiger partial charge in [0.1, 0.15) is 23.5 Å². The number of rotatable bonds is 11. The monoisotopic (exact) mass is 683 g/mol. The molecule has 2 saturated heterocycles. The first-order valence-corrected chi connectivity index (χ1v) is 17.9. The zero-order valence-corrected chi connectivity index (χ0v) is 29.5. The molecule has 10 heteroatoms. The molecule has 2 amide bonds. The second-order valence-corrected chi connectivity index (χ2v) is 13.9. The van der Waals surface area contributed by atoms with Gasteiger partial charge in [0.25, 0.3) is 0 Å². The lowest BCUT2D eigenvalue weighted by Crippen LogP contribution is -2.40. The Bertz CT molecular complexity index is 1980. The van der Waals surface area contributed by atoms with E-state index in [4.69, 9.17) is 4.98 Å². The maximum atomic E-state index is 13.9. The summed E-state index contributed by atoms with van der Waals surface area (Å²) in [5.41, 5.74) is 7.08. The van der Waals surface area contributed by atoms with Crippen LogP contribution in [0.1, 0.15) is 80.8 Å². The van der Waals surface area contributed by atoms with Crippen molar-refractivity contribution in [1.29, 1.82) is 0 Å². The number of amides is 2. The molecule has 3 aromatic carbocycles. The number of carbonyl (C=O) groups excluding carboxylic acids is 3. The number of nitrogens with zero attached hydrogens (tertiary/aromatic N) is 5. The van der Waals surface area contributed by atoms with E-state index in [9.17, 15) is 14.4 Å². The van der Waals surface area contributed by atoms with Crippen LogP contribution in [0.3, 0.4) is 0 Å². The van der Waals surface area contributed by atoms with Crippen molar-refractivity contribution in [3.05, 3.63) is 108 Å². The summed E-state index contributed by atoms with van der Waals surface area (Å²) in [6, 6.07) is 26.3. The van der Waals surface area contributed by atoms with Gasteiger partial charge >= 0.3 is 0 Å². The van der Waals surface area contributed by atoms with E-state index in [1.165, 1.54) is 6.92 Å². The summed E-state index contributed by atoms with van der Waals surface area (Å²) in [5, 5.41) is 0. The maximum absolute atomic E-state index is 13.9. The van der Waals surface area contributed by atoms with Crippen LogP contribution in [0, 0.1) is 0 Å². The predicted octanol–water partition coefficient (Wildman–Crippen LogP) is 7.13. The van der Waals surface area contributed by atoms with E-state index in [0.29, 0.717) is 6.54 Å². The fourth-order valence-corrected chi connectivity index (χ4v) is 7.53. The van der Waals surface area contributed by atoms with Gasteiger partial charge in [-0.25, -0.2) is 9.97 Å². The van der Waals surface area contributed by atoms with E-state index in [0.717, 1.165) is 83.1 Å². The summed E-state index contributed by atoms with van der Waals surface area (Å²) in [7, 11) is 3.91. The van der Waals surface area contributed by atoms with Crippen LogP contribution in [-0.2, 0) is 14.4 Å². The van der Waals surface area contributed by atoms with E-state index in [-0.39, 0.29) is 48.6 Å². The highest BCUT2D eigenvalue weighted by Gasteiger charge is 2.37. The van der Waals surface area contributed by atoms with Crippen molar-refractivity contribution in [1.82, 2.24) is 34.6 Å². The van der Waals surface area contributed by atoms with Crippen LogP contribution in [-0.4, -0.2) is 79.4 Å². The van der Waals surface area contributed by atoms with Crippen molar-refractivity contribution in [3.63, 3.8) is 0 Å². The van der Waals surface area contributed by atoms with Crippen molar-refractivity contribution in [3.8, 4) is 33.6 Å². The number of likely N-dealkylation sites (N-methyl/N-ethyl adjacent to an activating group) is 1. The molecule has 0 bridgehead atoms. The lowest BCUT2D eigenvalue weighted by molar-refractivity contribution is -0.137. The number of nitrogens with one attached hydrogen (secondary N) is 2. The summed E-state index contributed by atoms with van der Waals surface area (Å²) in [5.74, 6) is 1.76. The molecular weight excluding hydrogens is 638 g/mol. The third kappa shape index (κ3) is 7.28. The van der Waals surface area contributed by atoms with Gasteiger partial charge in [0.15, 0.2) is 0 Å². The third-order valence-corrected chi connectivity index (χ3v) is 10.2. The quantitative estimate of drug-likeness (QED) is 0.153. The number of benzene rings is 3. The molecule has 5 aromatic rings. The van der Waals surface area contributed by atoms with E-state index in [2.05, 4.69) is 63.5 Å². The van der Waals surface area contributed by atoms with E-state index in [1.54, 1.807) is 0 Å². The highest BCUT2D eigenvalue weighted by molar-refractivity contribution is 5.84. The topological polar surface area (TPSA) is 118 Å². The van der Waals surface area contributed by atoms with Gasteiger partial charge < -0.3 is 24.6 Å². The summed E-state index contributed by atoms with van der Waals surface area (Å²) in [4.78, 5) is 60.2. The van der Waals surface area contributed by atoms with Crippen molar-refractivity contribution < 1.29 is 14.4 Å². The van der Waals surface area contributed by atoms with Gasteiger partial charge in [0.05, 0.1) is 35.9 Å². The summed E-state index contributed by atoms with van der Waals surface area (Å²) in [6.45, 7) is 2.93. The highest BCUT2D eigenvalue weighted by atomic mass is 16.2. The minimum absolute atomic E-state index is 0.0128. The number of carbonyl (C=O) groups is 3. The first-order chi connectivity index (χ1) is 24.8. The smallest absolute Gasteiger partial charge is 0.245 e. The van der Waals surface area contributed by atoms with Crippen LogP contribution in [0.25, 0.3) is 33.6 Å². The number of likely N-dealkylation sites (tertiary alicyclic amines) is 2. The molecule has 0 spiro atoms. The predicted molar refractivity (Wildman–Crippen MR) is 197 cm³/mol. The Balaban J connectivity index is 1.01. The number of hydrogen-bond acceptors (Lipinski definition) is 6. The van der Waals surface area contributed by atoms with Crippen LogP contribution >= 0.6 is 0 Å².